The van der Waals surface area contributed by atoms with Crippen LogP contribution in [0.5, 0.6) is 0 Å². The fourth-order valence-corrected chi connectivity index (χ4v) is 0.262. The number of ether oxygens (including phenoxy) is 1. The fourth-order valence-electron chi connectivity index (χ4n) is 0.262. The zero-order chi connectivity index (χ0) is 10.2. The summed E-state index contributed by atoms with van der Waals surface area (Å²) in [5.41, 5.74) is -0.578. The van der Waals surface area contributed by atoms with E-state index in [4.69, 9.17) is 5.11 Å². The van der Waals surface area contributed by atoms with Crippen molar-refractivity contribution in [1.82, 2.24) is 0 Å². The number of carboxylic acid groups (broad SMARTS) is 1. The first kappa shape index (κ1) is 13.8. The molecule has 0 aliphatic heterocycles. The molecule has 0 bridgehead atoms. The predicted molar refractivity (Wildman–Crippen MR) is 49.4 cm³/mol. The predicted octanol–water partition coefficient (Wildman–Crippen LogP) is 3.29. The smallest absolute Gasteiger partial charge is 0.450 e. The van der Waals surface area contributed by atoms with Gasteiger partial charge in [-0.3, -0.25) is 0 Å². The Balaban J connectivity index is 0. The van der Waals surface area contributed by atoms with E-state index in [0.29, 0.717) is 0 Å². The fraction of sp³-hybridized carbons (Fsp3) is 0.889. The van der Waals surface area contributed by atoms with Crippen LogP contribution in [0.25, 0.3) is 0 Å². The van der Waals surface area contributed by atoms with E-state index in [-0.39, 0.29) is 0 Å². The molecule has 0 aromatic heterocycles. The van der Waals surface area contributed by atoms with Gasteiger partial charge in [-0.05, 0) is 20.8 Å². The third-order valence-electron chi connectivity index (χ3n) is 0.893. The second kappa shape index (κ2) is 6.95. The highest BCUT2D eigenvalue weighted by Crippen LogP contribution is 2.05. The lowest BCUT2D eigenvalue weighted by atomic mass is 10.2. The number of unbranched alkanes of at least 4 members (excludes halogenated alkanes) is 1. The number of rotatable bonds is 1. The lowest BCUT2D eigenvalue weighted by Crippen LogP contribution is -2.22. The van der Waals surface area contributed by atoms with Gasteiger partial charge in [-0.25, -0.2) is 4.79 Å². The van der Waals surface area contributed by atoms with E-state index in [1.807, 2.05) is 0 Å². The summed E-state index contributed by atoms with van der Waals surface area (Å²) in [4.78, 5) is 9.79. The van der Waals surface area contributed by atoms with Crippen LogP contribution in [0.4, 0.5) is 4.79 Å². The van der Waals surface area contributed by atoms with Crippen LogP contribution in [0.15, 0.2) is 0 Å². The number of hydrogen-bond acceptors (Lipinski definition) is 2. The van der Waals surface area contributed by atoms with Crippen molar-refractivity contribution in [3.63, 3.8) is 0 Å². The molecule has 74 valence electrons. The summed E-state index contributed by atoms with van der Waals surface area (Å²) in [6.07, 6.45) is 1.41. The Kier molecular flexibility index (Phi) is 8.01. The normalized spacial score (nSPS) is 9.75. The molecule has 3 heteroatoms. The second-order valence-electron chi connectivity index (χ2n) is 3.48. The lowest BCUT2D eigenvalue weighted by molar-refractivity contribution is 0.0150. The summed E-state index contributed by atoms with van der Waals surface area (Å²) in [6.45, 7) is 9.41. The first-order valence-corrected chi connectivity index (χ1v) is 4.25. The molecule has 3 nitrogen and oxygen atoms in total. The van der Waals surface area contributed by atoms with Crippen molar-refractivity contribution in [2.24, 2.45) is 0 Å². The van der Waals surface area contributed by atoms with E-state index in [2.05, 4.69) is 18.6 Å². The number of carbonyl (C=O) groups is 1. The minimum atomic E-state index is -1.22. The van der Waals surface area contributed by atoms with E-state index in [1.54, 1.807) is 20.8 Å². The molecular weight excluding hydrogens is 156 g/mol. The summed E-state index contributed by atoms with van der Waals surface area (Å²) >= 11 is 0. The summed E-state index contributed by atoms with van der Waals surface area (Å²) in [5, 5.41) is 8.03. The van der Waals surface area contributed by atoms with Gasteiger partial charge in [-0.1, -0.05) is 26.7 Å². The van der Waals surface area contributed by atoms with E-state index < -0.39 is 11.8 Å². The molecule has 0 atom stereocenters. The van der Waals surface area contributed by atoms with E-state index in [9.17, 15) is 4.79 Å². The van der Waals surface area contributed by atoms with Gasteiger partial charge in [0.05, 0.1) is 0 Å². The van der Waals surface area contributed by atoms with Crippen molar-refractivity contribution in [3.8, 4) is 0 Å². The van der Waals surface area contributed by atoms with Gasteiger partial charge in [0, 0.05) is 0 Å². The second-order valence-corrected chi connectivity index (χ2v) is 3.48. The third kappa shape index (κ3) is 22.8. The Morgan fingerprint density at radius 2 is 1.58 bits per heavy atom. The van der Waals surface area contributed by atoms with Crippen LogP contribution < -0.4 is 0 Å². The van der Waals surface area contributed by atoms with Gasteiger partial charge >= 0.3 is 6.16 Å². The van der Waals surface area contributed by atoms with Crippen LogP contribution in [0, 0.1) is 0 Å². The molecular formula is C9H20O3. The van der Waals surface area contributed by atoms with E-state index >= 15 is 0 Å². The molecule has 0 amide bonds. The Hall–Kier alpha value is -0.730. The number of hydrogen-bond donors (Lipinski definition) is 1. The average molecular weight is 176 g/mol. The molecule has 0 rings (SSSR count). The van der Waals surface area contributed by atoms with Crippen LogP contribution >= 0.6 is 0 Å². The van der Waals surface area contributed by atoms with Crippen molar-refractivity contribution in [1.29, 1.82) is 0 Å². The highest BCUT2D eigenvalue weighted by atomic mass is 16.7. The van der Waals surface area contributed by atoms with Gasteiger partial charge in [-0.15, -0.1) is 0 Å². The Labute approximate surface area is 74.7 Å². The maximum atomic E-state index is 9.79. The molecule has 0 heterocycles. The van der Waals surface area contributed by atoms with E-state index in [0.717, 1.165) is 0 Å². The molecule has 0 spiro atoms. The van der Waals surface area contributed by atoms with Crippen LogP contribution in [0.1, 0.15) is 47.5 Å². The van der Waals surface area contributed by atoms with Crippen LogP contribution in [-0.2, 0) is 4.74 Å². The molecule has 0 saturated heterocycles. The molecule has 0 fully saturated rings. The zero-order valence-electron chi connectivity index (χ0n) is 8.68. The van der Waals surface area contributed by atoms with Crippen LogP contribution in [-0.4, -0.2) is 16.9 Å². The van der Waals surface area contributed by atoms with E-state index in [1.165, 1.54) is 12.8 Å². The first-order chi connectivity index (χ1) is 5.33. The average Bonchev–Trinajstić information content (AvgIpc) is 1.83. The van der Waals surface area contributed by atoms with Crippen molar-refractivity contribution in [2.45, 2.75) is 53.1 Å². The highest BCUT2D eigenvalue weighted by molar-refractivity contribution is 5.57. The topological polar surface area (TPSA) is 46.5 Å². The lowest BCUT2D eigenvalue weighted by Gasteiger charge is -2.15. The largest absolute Gasteiger partial charge is 0.506 e. The van der Waals surface area contributed by atoms with Gasteiger partial charge < -0.3 is 9.84 Å². The van der Waals surface area contributed by atoms with Crippen molar-refractivity contribution in [3.05, 3.63) is 0 Å². The molecule has 1 N–H and O–H groups in total. The van der Waals surface area contributed by atoms with Gasteiger partial charge in [0.15, 0.2) is 0 Å². The van der Waals surface area contributed by atoms with Crippen molar-refractivity contribution < 1.29 is 14.6 Å². The molecule has 0 aromatic carbocycles. The van der Waals surface area contributed by atoms with Gasteiger partial charge in [0.2, 0.25) is 0 Å². The molecule has 0 aliphatic carbocycles. The van der Waals surface area contributed by atoms with Gasteiger partial charge in [0.25, 0.3) is 0 Å². The molecule has 0 aromatic rings. The molecule has 0 unspecified atom stereocenters. The van der Waals surface area contributed by atoms with Crippen LogP contribution in [0.2, 0.25) is 0 Å². The van der Waals surface area contributed by atoms with Gasteiger partial charge in [-0.2, -0.15) is 0 Å². The third-order valence-corrected chi connectivity index (χ3v) is 0.893. The zero-order valence-corrected chi connectivity index (χ0v) is 8.68. The van der Waals surface area contributed by atoms with Crippen molar-refractivity contribution >= 4 is 6.16 Å². The SMILES string of the molecule is CC(C)(C)OC(=O)O.CCCC. The Morgan fingerprint density at radius 3 is 1.58 bits per heavy atom. The van der Waals surface area contributed by atoms with Crippen molar-refractivity contribution in [2.75, 3.05) is 0 Å². The Bertz CT molecular complexity index is 111. The Morgan fingerprint density at radius 1 is 1.25 bits per heavy atom. The summed E-state index contributed by atoms with van der Waals surface area (Å²) in [7, 11) is 0. The molecule has 0 radical (unpaired) electrons. The molecule has 12 heavy (non-hydrogen) atoms. The maximum absolute atomic E-state index is 9.79. The molecule has 0 aliphatic rings. The summed E-state index contributed by atoms with van der Waals surface area (Å²) in [5.74, 6) is 0. The monoisotopic (exact) mass is 176 g/mol. The van der Waals surface area contributed by atoms with Gasteiger partial charge in [0.1, 0.15) is 5.60 Å². The van der Waals surface area contributed by atoms with Crippen LogP contribution in [0.3, 0.4) is 0 Å². The minimum Gasteiger partial charge on any atom is -0.450 e. The molecule has 0 saturated carbocycles. The quantitative estimate of drug-likeness (QED) is 0.623. The highest BCUT2D eigenvalue weighted by Gasteiger charge is 2.13. The summed E-state index contributed by atoms with van der Waals surface area (Å²) < 4.78 is 4.35. The first-order valence-electron chi connectivity index (χ1n) is 4.25. The summed E-state index contributed by atoms with van der Waals surface area (Å²) in [6, 6.07) is 0. The maximum Gasteiger partial charge on any atom is 0.506 e. The minimum absolute atomic E-state index is 0.578. The standard InChI is InChI=1S/C5H10O3.C4H10/c1-5(2,3)8-4(6)7;1-3-4-2/h1-3H3,(H,6,7);3-4H2,1-2H3.